The highest BCUT2D eigenvalue weighted by molar-refractivity contribution is 5.77. The van der Waals surface area contributed by atoms with E-state index in [4.69, 9.17) is 0 Å². The van der Waals surface area contributed by atoms with Crippen LogP contribution in [0.2, 0.25) is 0 Å². The molecule has 0 aliphatic heterocycles. The van der Waals surface area contributed by atoms with Gasteiger partial charge in [0.2, 0.25) is 5.91 Å². The van der Waals surface area contributed by atoms with Crippen molar-refractivity contribution in [2.45, 2.75) is 45.6 Å². The molecule has 17 heavy (non-hydrogen) atoms. The van der Waals surface area contributed by atoms with Crippen LogP contribution in [0.1, 0.15) is 39.5 Å². The van der Waals surface area contributed by atoms with Crippen molar-refractivity contribution in [2.75, 3.05) is 19.6 Å². The van der Waals surface area contributed by atoms with Crippen molar-refractivity contribution in [1.82, 2.24) is 10.6 Å². The summed E-state index contributed by atoms with van der Waals surface area (Å²) in [6.07, 6.45) is 3.93. The van der Waals surface area contributed by atoms with E-state index in [0.717, 1.165) is 38.8 Å². The molecule has 0 heterocycles. The van der Waals surface area contributed by atoms with Gasteiger partial charge in [-0.1, -0.05) is 20.3 Å². The number of amides is 1. The number of rotatable bonds is 7. The van der Waals surface area contributed by atoms with E-state index in [1.54, 1.807) is 0 Å². The molecule has 0 saturated heterocycles. The van der Waals surface area contributed by atoms with Gasteiger partial charge in [-0.25, -0.2) is 0 Å². The van der Waals surface area contributed by atoms with E-state index in [1.165, 1.54) is 0 Å². The Morgan fingerprint density at radius 3 is 2.76 bits per heavy atom. The molecule has 100 valence electrons. The Morgan fingerprint density at radius 2 is 2.18 bits per heavy atom. The van der Waals surface area contributed by atoms with Crippen LogP contribution >= 0.6 is 0 Å². The normalized spacial score (nSPS) is 24.2. The minimum absolute atomic E-state index is 0.0538. The van der Waals surface area contributed by atoms with Gasteiger partial charge in [-0.3, -0.25) is 4.79 Å². The minimum atomic E-state index is -0.175. The van der Waals surface area contributed by atoms with Crippen LogP contribution in [-0.2, 0) is 4.79 Å². The molecule has 1 amide bonds. The first-order valence-corrected chi connectivity index (χ1v) is 6.75. The Bertz CT molecular complexity index is 231. The molecule has 0 spiro atoms. The topological polar surface area (TPSA) is 61.4 Å². The van der Waals surface area contributed by atoms with Crippen LogP contribution in [0.25, 0.3) is 0 Å². The summed E-state index contributed by atoms with van der Waals surface area (Å²) in [6.45, 7) is 6.15. The summed E-state index contributed by atoms with van der Waals surface area (Å²) in [5.41, 5.74) is 0. The van der Waals surface area contributed by atoms with Gasteiger partial charge in [-0.2, -0.15) is 0 Å². The molecule has 4 heteroatoms. The van der Waals surface area contributed by atoms with Crippen LogP contribution in [0.4, 0.5) is 0 Å². The van der Waals surface area contributed by atoms with E-state index >= 15 is 0 Å². The molecule has 3 N–H and O–H groups in total. The number of nitrogens with one attached hydrogen (secondary N) is 2. The number of aliphatic hydroxyl groups excluding tert-OH is 1. The van der Waals surface area contributed by atoms with Gasteiger partial charge in [-0.15, -0.1) is 0 Å². The summed E-state index contributed by atoms with van der Waals surface area (Å²) in [7, 11) is 0. The van der Waals surface area contributed by atoms with Crippen LogP contribution in [0, 0.1) is 11.8 Å². The number of carbonyl (C=O) groups excluding carboxylic acids is 1. The third kappa shape index (κ3) is 6.03. The second-order valence-electron chi connectivity index (χ2n) is 5.42. The Balaban J connectivity index is 2.00. The van der Waals surface area contributed by atoms with Crippen molar-refractivity contribution in [1.29, 1.82) is 0 Å². The largest absolute Gasteiger partial charge is 0.393 e. The zero-order valence-electron chi connectivity index (χ0n) is 11.0. The van der Waals surface area contributed by atoms with Gasteiger partial charge in [-0.05, 0) is 31.1 Å². The number of carbonyl (C=O) groups is 1. The monoisotopic (exact) mass is 242 g/mol. The van der Waals surface area contributed by atoms with Gasteiger partial charge >= 0.3 is 0 Å². The average Bonchev–Trinajstić information content (AvgIpc) is 2.64. The summed E-state index contributed by atoms with van der Waals surface area (Å²) < 4.78 is 0. The Hall–Kier alpha value is -0.610. The van der Waals surface area contributed by atoms with Crippen molar-refractivity contribution in [3.8, 4) is 0 Å². The first-order chi connectivity index (χ1) is 8.09. The first-order valence-electron chi connectivity index (χ1n) is 6.75. The van der Waals surface area contributed by atoms with Gasteiger partial charge < -0.3 is 15.7 Å². The lowest BCUT2D eigenvalue weighted by molar-refractivity contribution is -0.120. The summed E-state index contributed by atoms with van der Waals surface area (Å²) in [6, 6.07) is 0. The van der Waals surface area contributed by atoms with Crippen molar-refractivity contribution in [3.05, 3.63) is 0 Å². The maximum atomic E-state index is 11.4. The highest BCUT2D eigenvalue weighted by Gasteiger charge is 2.24. The zero-order valence-corrected chi connectivity index (χ0v) is 11.0. The van der Waals surface area contributed by atoms with Crippen LogP contribution < -0.4 is 10.6 Å². The minimum Gasteiger partial charge on any atom is -0.393 e. The molecule has 1 rings (SSSR count). The fourth-order valence-electron chi connectivity index (χ4n) is 2.19. The summed E-state index contributed by atoms with van der Waals surface area (Å²) in [5, 5.41) is 15.6. The molecule has 1 aliphatic rings. The second kappa shape index (κ2) is 7.67. The molecule has 0 bridgehead atoms. The molecule has 1 fully saturated rings. The maximum Gasteiger partial charge on any atom is 0.233 e. The zero-order chi connectivity index (χ0) is 12.7. The van der Waals surface area contributed by atoms with E-state index in [0.29, 0.717) is 18.4 Å². The summed E-state index contributed by atoms with van der Waals surface area (Å²) >= 11 is 0. The molecule has 2 unspecified atom stereocenters. The molecule has 1 saturated carbocycles. The fourth-order valence-corrected chi connectivity index (χ4v) is 2.19. The van der Waals surface area contributed by atoms with E-state index in [2.05, 4.69) is 24.5 Å². The van der Waals surface area contributed by atoms with E-state index in [9.17, 15) is 9.90 Å². The van der Waals surface area contributed by atoms with E-state index in [-0.39, 0.29) is 12.0 Å². The SMILES string of the molecule is CC(C)CCNC(=O)CNCC1CCCC1O. The quantitative estimate of drug-likeness (QED) is 0.621. The van der Waals surface area contributed by atoms with E-state index < -0.39 is 0 Å². The fraction of sp³-hybridized carbons (Fsp3) is 0.923. The molecule has 4 nitrogen and oxygen atoms in total. The lowest BCUT2D eigenvalue weighted by atomic mass is 10.1. The molecule has 0 aromatic rings. The molecule has 2 atom stereocenters. The van der Waals surface area contributed by atoms with Crippen molar-refractivity contribution in [3.63, 3.8) is 0 Å². The molecule has 0 aromatic carbocycles. The first kappa shape index (κ1) is 14.5. The smallest absolute Gasteiger partial charge is 0.233 e. The van der Waals surface area contributed by atoms with Gasteiger partial charge in [0, 0.05) is 13.1 Å². The molecule has 0 radical (unpaired) electrons. The third-order valence-electron chi connectivity index (χ3n) is 3.35. The predicted molar refractivity (Wildman–Crippen MR) is 68.7 cm³/mol. The third-order valence-corrected chi connectivity index (χ3v) is 3.35. The highest BCUT2D eigenvalue weighted by Crippen LogP contribution is 2.24. The molecular weight excluding hydrogens is 216 g/mol. The van der Waals surface area contributed by atoms with Crippen LogP contribution in [-0.4, -0.2) is 36.8 Å². The Morgan fingerprint density at radius 1 is 1.41 bits per heavy atom. The van der Waals surface area contributed by atoms with Crippen LogP contribution in [0.3, 0.4) is 0 Å². The molecular formula is C13H26N2O2. The van der Waals surface area contributed by atoms with Gasteiger partial charge in [0.1, 0.15) is 0 Å². The van der Waals surface area contributed by atoms with Gasteiger partial charge in [0.25, 0.3) is 0 Å². The Kier molecular flexibility index (Phi) is 6.52. The summed E-state index contributed by atoms with van der Waals surface area (Å²) in [4.78, 5) is 11.4. The van der Waals surface area contributed by atoms with Crippen LogP contribution in [0.5, 0.6) is 0 Å². The van der Waals surface area contributed by atoms with Crippen LogP contribution in [0.15, 0.2) is 0 Å². The highest BCUT2D eigenvalue weighted by atomic mass is 16.3. The number of hydrogen-bond donors (Lipinski definition) is 3. The predicted octanol–water partition coefficient (Wildman–Crippen LogP) is 0.899. The maximum absolute atomic E-state index is 11.4. The Labute approximate surface area is 104 Å². The molecule has 1 aliphatic carbocycles. The standard InChI is InChI=1S/C13H26N2O2/c1-10(2)6-7-15-13(17)9-14-8-11-4-3-5-12(11)16/h10-12,14,16H,3-9H2,1-2H3,(H,15,17). The van der Waals surface area contributed by atoms with Gasteiger partial charge in [0.15, 0.2) is 0 Å². The number of aliphatic hydroxyl groups is 1. The lowest BCUT2D eigenvalue weighted by Crippen LogP contribution is -2.37. The second-order valence-corrected chi connectivity index (χ2v) is 5.42. The van der Waals surface area contributed by atoms with Crippen molar-refractivity contribution >= 4 is 5.91 Å². The average molecular weight is 242 g/mol. The van der Waals surface area contributed by atoms with E-state index in [1.807, 2.05) is 0 Å². The summed E-state index contributed by atoms with van der Waals surface area (Å²) in [5.74, 6) is 1.01. The number of hydrogen-bond acceptors (Lipinski definition) is 3. The van der Waals surface area contributed by atoms with Gasteiger partial charge in [0.05, 0.1) is 12.6 Å². The van der Waals surface area contributed by atoms with Crippen molar-refractivity contribution in [2.24, 2.45) is 11.8 Å². The van der Waals surface area contributed by atoms with Crippen molar-refractivity contribution < 1.29 is 9.90 Å². The lowest BCUT2D eigenvalue weighted by Gasteiger charge is -2.15. The molecule has 0 aromatic heterocycles.